The van der Waals surface area contributed by atoms with Gasteiger partial charge in [0.05, 0.1) is 5.57 Å². The zero-order valence-electron chi connectivity index (χ0n) is 12.7. The van der Waals surface area contributed by atoms with Crippen molar-refractivity contribution in [2.24, 2.45) is 4.99 Å². The molecule has 4 N–H and O–H groups in total. The number of aliphatic hydroxyl groups is 1. The summed E-state index contributed by atoms with van der Waals surface area (Å²) in [7, 11) is 3.75. The lowest BCUT2D eigenvalue weighted by atomic mass is 9.97. The number of carboxylic acid groups (broad SMARTS) is 2. The first kappa shape index (κ1) is 19.8. The molecule has 0 aromatic heterocycles. The summed E-state index contributed by atoms with van der Waals surface area (Å²) in [5.74, 6) is -2.75. The van der Waals surface area contributed by atoms with Gasteiger partial charge in [0.2, 0.25) is 0 Å². The zero-order chi connectivity index (χ0) is 17.1. The second-order valence-electron chi connectivity index (χ2n) is 4.70. The zero-order valence-corrected chi connectivity index (χ0v) is 12.7. The van der Waals surface area contributed by atoms with E-state index in [1.165, 1.54) is 0 Å². The van der Waals surface area contributed by atoms with Crippen LogP contribution >= 0.6 is 0 Å². The van der Waals surface area contributed by atoms with Crippen LogP contribution in [0.3, 0.4) is 0 Å². The molecule has 0 spiro atoms. The Balaban J connectivity index is 0.00000135. The number of carbonyl (C=O) groups excluding carboxylic acids is 1. The number of hydrogen-bond donors (Lipinski definition) is 4. The fourth-order valence-corrected chi connectivity index (χ4v) is 1.68. The molecule has 1 aliphatic rings. The lowest BCUT2D eigenvalue weighted by Gasteiger charge is -2.12. The van der Waals surface area contributed by atoms with Crippen LogP contribution in [-0.4, -0.2) is 59.4 Å². The van der Waals surface area contributed by atoms with Crippen molar-refractivity contribution in [3.05, 3.63) is 11.3 Å². The van der Waals surface area contributed by atoms with Gasteiger partial charge in [-0.1, -0.05) is 0 Å². The van der Waals surface area contributed by atoms with Gasteiger partial charge in [0.1, 0.15) is 11.8 Å². The minimum absolute atomic E-state index is 0.0211. The molecule has 22 heavy (non-hydrogen) atoms. The highest BCUT2D eigenvalue weighted by Gasteiger charge is 2.21. The topological polar surface area (TPSA) is 136 Å². The third-order valence-corrected chi connectivity index (χ3v) is 2.73. The SMILES string of the molecule is CNC.O=C(O)CCC(N=CC1=C(O)CCCC1=O)C(=O)O. The third-order valence-electron chi connectivity index (χ3n) is 2.73. The first-order valence-corrected chi connectivity index (χ1v) is 6.85. The van der Waals surface area contributed by atoms with E-state index in [-0.39, 0.29) is 36.4 Å². The quantitative estimate of drug-likeness (QED) is 0.532. The van der Waals surface area contributed by atoms with Gasteiger partial charge in [-0.05, 0) is 26.9 Å². The number of ketones is 1. The van der Waals surface area contributed by atoms with Gasteiger partial charge in [-0.15, -0.1) is 0 Å². The molecule has 0 bridgehead atoms. The Morgan fingerprint density at radius 3 is 2.36 bits per heavy atom. The van der Waals surface area contributed by atoms with Gasteiger partial charge in [-0.3, -0.25) is 14.6 Å². The Bertz CT molecular complexity index is 470. The average molecular weight is 314 g/mol. The second kappa shape index (κ2) is 10.5. The van der Waals surface area contributed by atoms with E-state index in [1.54, 1.807) is 0 Å². The fourth-order valence-electron chi connectivity index (χ4n) is 1.68. The summed E-state index contributed by atoms with van der Waals surface area (Å²) in [6.45, 7) is 0. The average Bonchev–Trinajstić information content (AvgIpc) is 2.41. The molecule has 0 saturated heterocycles. The fraction of sp³-hybridized carbons (Fsp3) is 0.571. The van der Waals surface area contributed by atoms with E-state index in [1.807, 2.05) is 14.1 Å². The largest absolute Gasteiger partial charge is 0.512 e. The number of aliphatic imine (C=N–C) groups is 1. The lowest BCUT2D eigenvalue weighted by Crippen LogP contribution is -2.21. The molecule has 1 aliphatic carbocycles. The standard InChI is InChI=1S/C12H15NO6.C2H7N/c14-9-2-1-3-10(15)7(9)6-13-8(12(18)19)4-5-11(16)17;1-3-2/h6,8,14H,1-5H2,(H,16,17)(H,18,19);3H,1-2H3. The van der Waals surface area contributed by atoms with E-state index >= 15 is 0 Å². The number of nitrogens with one attached hydrogen (secondary N) is 1. The van der Waals surface area contributed by atoms with Crippen LogP contribution in [0, 0.1) is 0 Å². The van der Waals surface area contributed by atoms with Crippen molar-refractivity contribution in [1.29, 1.82) is 0 Å². The first-order valence-electron chi connectivity index (χ1n) is 6.85. The molecule has 0 radical (unpaired) electrons. The number of carboxylic acids is 2. The summed E-state index contributed by atoms with van der Waals surface area (Å²) in [5, 5.41) is 29.7. The number of carbonyl (C=O) groups is 3. The summed E-state index contributed by atoms with van der Waals surface area (Å²) in [6, 6.07) is -1.23. The number of aliphatic carboxylic acids is 2. The maximum Gasteiger partial charge on any atom is 0.328 e. The molecule has 1 atom stereocenters. The van der Waals surface area contributed by atoms with Crippen LogP contribution in [0.4, 0.5) is 0 Å². The maximum absolute atomic E-state index is 11.5. The Morgan fingerprint density at radius 2 is 1.91 bits per heavy atom. The molecule has 0 aliphatic heterocycles. The van der Waals surface area contributed by atoms with E-state index in [2.05, 4.69) is 10.3 Å². The number of hydrogen-bond acceptors (Lipinski definition) is 6. The van der Waals surface area contributed by atoms with Crippen molar-refractivity contribution >= 4 is 23.9 Å². The summed E-state index contributed by atoms with van der Waals surface area (Å²) in [4.78, 5) is 36.5. The predicted molar refractivity (Wildman–Crippen MR) is 80.3 cm³/mol. The predicted octanol–water partition coefficient (Wildman–Crippen LogP) is 0.776. The van der Waals surface area contributed by atoms with Crippen LogP contribution in [0.2, 0.25) is 0 Å². The lowest BCUT2D eigenvalue weighted by molar-refractivity contribution is -0.139. The number of allylic oxidation sites excluding steroid dienone is 2. The highest BCUT2D eigenvalue weighted by atomic mass is 16.4. The summed E-state index contributed by atoms with van der Waals surface area (Å²) < 4.78 is 0. The van der Waals surface area contributed by atoms with E-state index in [9.17, 15) is 19.5 Å². The molecule has 0 aromatic carbocycles. The van der Waals surface area contributed by atoms with Crippen LogP contribution in [-0.2, 0) is 14.4 Å². The molecule has 0 saturated carbocycles. The molecule has 8 heteroatoms. The molecule has 0 fully saturated rings. The molecular formula is C14H22N2O6. The van der Waals surface area contributed by atoms with E-state index in [4.69, 9.17) is 10.2 Å². The van der Waals surface area contributed by atoms with Gasteiger partial charge in [0, 0.05) is 25.5 Å². The Labute approximate surface area is 128 Å². The smallest absolute Gasteiger partial charge is 0.328 e. The minimum Gasteiger partial charge on any atom is -0.512 e. The normalized spacial score (nSPS) is 16.2. The van der Waals surface area contributed by atoms with Crippen molar-refractivity contribution in [1.82, 2.24) is 5.32 Å². The van der Waals surface area contributed by atoms with E-state index in [0.29, 0.717) is 12.8 Å². The number of Topliss-reactive ketones (excluding diaryl/α,β-unsaturated/α-hetero) is 1. The molecule has 0 aromatic rings. The molecule has 1 rings (SSSR count). The Hall–Kier alpha value is -2.22. The summed E-state index contributed by atoms with van der Waals surface area (Å²) in [5.41, 5.74) is 0.0211. The van der Waals surface area contributed by atoms with Crippen molar-refractivity contribution < 1.29 is 29.7 Å². The van der Waals surface area contributed by atoms with Crippen LogP contribution < -0.4 is 5.32 Å². The van der Waals surface area contributed by atoms with Gasteiger partial charge < -0.3 is 20.6 Å². The maximum atomic E-state index is 11.5. The monoisotopic (exact) mass is 314 g/mol. The van der Waals surface area contributed by atoms with Crippen LogP contribution in [0.5, 0.6) is 0 Å². The summed E-state index contributed by atoms with van der Waals surface area (Å²) in [6.07, 6.45) is 1.76. The van der Waals surface area contributed by atoms with Crippen molar-refractivity contribution in [2.45, 2.75) is 38.1 Å². The van der Waals surface area contributed by atoms with Crippen molar-refractivity contribution in [3.63, 3.8) is 0 Å². The van der Waals surface area contributed by atoms with Gasteiger partial charge in [-0.2, -0.15) is 0 Å². The minimum atomic E-state index is -1.26. The van der Waals surface area contributed by atoms with Gasteiger partial charge in [0.15, 0.2) is 5.78 Å². The molecule has 124 valence electrons. The molecular weight excluding hydrogens is 292 g/mol. The number of rotatable bonds is 6. The van der Waals surface area contributed by atoms with Gasteiger partial charge in [-0.25, -0.2) is 4.79 Å². The van der Waals surface area contributed by atoms with Gasteiger partial charge in [0.25, 0.3) is 0 Å². The molecule has 1 unspecified atom stereocenters. The number of aliphatic hydroxyl groups excluding tert-OH is 1. The molecule has 8 nitrogen and oxygen atoms in total. The van der Waals surface area contributed by atoms with E-state index in [0.717, 1.165) is 6.21 Å². The van der Waals surface area contributed by atoms with Crippen molar-refractivity contribution in [3.8, 4) is 0 Å². The van der Waals surface area contributed by atoms with Gasteiger partial charge >= 0.3 is 11.9 Å². The molecule has 0 heterocycles. The Kier molecular flexibility index (Phi) is 9.44. The van der Waals surface area contributed by atoms with Crippen LogP contribution in [0.25, 0.3) is 0 Å². The highest BCUT2D eigenvalue weighted by Crippen LogP contribution is 2.18. The van der Waals surface area contributed by atoms with Crippen molar-refractivity contribution in [2.75, 3.05) is 14.1 Å². The van der Waals surface area contributed by atoms with Crippen LogP contribution in [0.1, 0.15) is 32.1 Å². The Morgan fingerprint density at radius 1 is 1.32 bits per heavy atom. The second-order valence-corrected chi connectivity index (χ2v) is 4.70. The van der Waals surface area contributed by atoms with Crippen LogP contribution in [0.15, 0.2) is 16.3 Å². The first-order chi connectivity index (χ1) is 10.3. The third kappa shape index (κ3) is 7.53. The highest BCUT2D eigenvalue weighted by molar-refractivity contribution is 6.14. The van der Waals surface area contributed by atoms with E-state index < -0.39 is 18.0 Å². The molecule has 0 amide bonds. The number of nitrogens with zero attached hydrogens (tertiary/aromatic N) is 1. The summed E-state index contributed by atoms with van der Waals surface area (Å²) >= 11 is 0.